The second-order valence-electron chi connectivity index (χ2n) is 7.24. The van der Waals surface area contributed by atoms with E-state index < -0.39 is 0 Å². The summed E-state index contributed by atoms with van der Waals surface area (Å²) in [5.74, 6) is 0.328. The molecule has 0 saturated carbocycles. The molecule has 0 spiro atoms. The number of para-hydroxylation sites is 1. The summed E-state index contributed by atoms with van der Waals surface area (Å²) < 4.78 is 14.9. The Morgan fingerprint density at radius 1 is 1.13 bits per heavy atom. The van der Waals surface area contributed by atoms with Gasteiger partial charge in [-0.3, -0.25) is 14.2 Å². The normalized spacial score (nSPS) is 12.3. The van der Waals surface area contributed by atoms with Gasteiger partial charge >= 0.3 is 0 Å². The second kappa shape index (κ2) is 10.1. The van der Waals surface area contributed by atoms with Crippen LogP contribution in [-0.4, -0.2) is 32.3 Å². The molecule has 1 amide bonds. The Kier molecular flexibility index (Phi) is 7.55. The van der Waals surface area contributed by atoms with Gasteiger partial charge in [-0.25, -0.2) is 9.37 Å². The van der Waals surface area contributed by atoms with Gasteiger partial charge in [0.2, 0.25) is 5.91 Å². The van der Waals surface area contributed by atoms with Gasteiger partial charge in [0.05, 0.1) is 22.3 Å². The molecule has 158 valence electrons. The summed E-state index contributed by atoms with van der Waals surface area (Å²) >= 11 is 2.85. The van der Waals surface area contributed by atoms with Gasteiger partial charge in [0.1, 0.15) is 5.82 Å². The molecule has 0 aliphatic rings. The molecule has 1 heterocycles. The first-order valence-corrected chi connectivity index (χ1v) is 11.8. The van der Waals surface area contributed by atoms with Crippen LogP contribution in [0.3, 0.4) is 0 Å². The van der Waals surface area contributed by atoms with Crippen LogP contribution < -0.4 is 10.9 Å². The number of rotatable bonds is 8. The number of hydrogen-bond donors (Lipinski definition) is 1. The maximum atomic E-state index is 13.4. The minimum absolute atomic E-state index is 0.0100. The maximum absolute atomic E-state index is 13.4. The van der Waals surface area contributed by atoms with Crippen molar-refractivity contribution in [3.63, 3.8) is 0 Å². The molecule has 0 aliphatic heterocycles. The predicted molar refractivity (Wildman–Crippen MR) is 123 cm³/mol. The number of thioether (sulfide) groups is 2. The molecule has 1 atom stereocenters. The van der Waals surface area contributed by atoms with Crippen molar-refractivity contribution in [2.24, 2.45) is 5.92 Å². The molecule has 2 aromatic carbocycles. The molecule has 30 heavy (non-hydrogen) atoms. The fraction of sp³-hybridized carbons (Fsp3) is 0.318. The number of fused-ring (bicyclic) bond motifs is 1. The number of hydrogen-bond acceptors (Lipinski definition) is 5. The summed E-state index contributed by atoms with van der Waals surface area (Å²) in [6.07, 6.45) is 0. The molecule has 0 bridgehead atoms. The fourth-order valence-corrected chi connectivity index (χ4v) is 4.56. The van der Waals surface area contributed by atoms with E-state index in [4.69, 9.17) is 0 Å². The van der Waals surface area contributed by atoms with Crippen LogP contribution in [0.4, 0.5) is 4.39 Å². The highest BCUT2D eigenvalue weighted by Gasteiger charge is 2.14. The largest absolute Gasteiger partial charge is 0.353 e. The number of benzene rings is 2. The Balaban J connectivity index is 1.79. The number of nitrogens with one attached hydrogen (secondary N) is 1. The number of amides is 1. The van der Waals surface area contributed by atoms with E-state index in [1.807, 2.05) is 13.0 Å². The number of nitrogens with zero attached hydrogens (tertiary/aromatic N) is 2. The zero-order chi connectivity index (χ0) is 21.7. The van der Waals surface area contributed by atoms with Crippen molar-refractivity contribution in [2.75, 3.05) is 10.8 Å². The van der Waals surface area contributed by atoms with E-state index >= 15 is 0 Å². The Labute approximate surface area is 183 Å². The third kappa shape index (κ3) is 5.43. The lowest BCUT2D eigenvalue weighted by atomic mass is 10.1. The van der Waals surface area contributed by atoms with Gasteiger partial charge in [0.25, 0.3) is 5.56 Å². The van der Waals surface area contributed by atoms with Crippen molar-refractivity contribution in [1.29, 1.82) is 0 Å². The van der Waals surface area contributed by atoms with Crippen LogP contribution in [0.5, 0.6) is 0 Å². The lowest BCUT2D eigenvalue weighted by Crippen LogP contribution is -2.37. The molecular formula is C22H24FN3O2S2. The molecule has 0 saturated heterocycles. The van der Waals surface area contributed by atoms with E-state index in [2.05, 4.69) is 24.1 Å². The van der Waals surface area contributed by atoms with Crippen LogP contribution in [0.25, 0.3) is 16.6 Å². The van der Waals surface area contributed by atoms with Crippen LogP contribution in [0.1, 0.15) is 20.8 Å². The van der Waals surface area contributed by atoms with Gasteiger partial charge < -0.3 is 5.32 Å². The molecule has 1 aromatic heterocycles. The summed E-state index contributed by atoms with van der Waals surface area (Å²) in [6.45, 7) is 6.12. The fourth-order valence-electron chi connectivity index (χ4n) is 2.72. The lowest BCUT2D eigenvalue weighted by molar-refractivity contribution is -0.119. The van der Waals surface area contributed by atoms with E-state index in [-0.39, 0.29) is 23.3 Å². The zero-order valence-corrected chi connectivity index (χ0v) is 18.7. The van der Waals surface area contributed by atoms with E-state index in [0.29, 0.717) is 38.5 Å². The quantitative estimate of drug-likeness (QED) is 0.240. The van der Waals surface area contributed by atoms with E-state index in [9.17, 15) is 14.0 Å². The van der Waals surface area contributed by atoms with Crippen LogP contribution in [-0.2, 0) is 4.79 Å². The molecular weight excluding hydrogens is 421 g/mol. The average molecular weight is 446 g/mol. The van der Waals surface area contributed by atoms with Gasteiger partial charge in [-0.2, -0.15) is 0 Å². The van der Waals surface area contributed by atoms with Gasteiger partial charge in [0.15, 0.2) is 5.16 Å². The van der Waals surface area contributed by atoms with Crippen molar-refractivity contribution >= 4 is 40.3 Å². The monoisotopic (exact) mass is 445 g/mol. The summed E-state index contributed by atoms with van der Waals surface area (Å²) in [7, 11) is 0. The van der Waals surface area contributed by atoms with Crippen molar-refractivity contribution in [2.45, 2.75) is 32.0 Å². The highest BCUT2D eigenvalue weighted by molar-refractivity contribution is 8.16. The van der Waals surface area contributed by atoms with Crippen molar-refractivity contribution in [1.82, 2.24) is 14.9 Å². The molecule has 1 N–H and O–H groups in total. The van der Waals surface area contributed by atoms with Gasteiger partial charge in [-0.1, -0.05) is 37.7 Å². The van der Waals surface area contributed by atoms with Crippen molar-refractivity contribution < 1.29 is 9.18 Å². The molecule has 8 heteroatoms. The Morgan fingerprint density at radius 3 is 2.53 bits per heavy atom. The minimum Gasteiger partial charge on any atom is -0.353 e. The lowest BCUT2D eigenvalue weighted by Gasteiger charge is -2.17. The highest BCUT2D eigenvalue weighted by Crippen LogP contribution is 2.24. The molecule has 5 nitrogen and oxygen atoms in total. The van der Waals surface area contributed by atoms with Crippen molar-refractivity contribution in [3.8, 4) is 5.69 Å². The molecule has 3 aromatic rings. The third-order valence-electron chi connectivity index (χ3n) is 4.72. The standard InChI is InChI=1S/C22H24FN3O2S2/c1-14(2)15(3)24-20(27)12-29-13-30-22-25-19-7-5-4-6-18(19)21(28)26(22)17-10-8-16(23)9-11-17/h4-11,14-15H,12-13H2,1-3H3,(H,24,27). The summed E-state index contributed by atoms with van der Waals surface area (Å²) in [5, 5.41) is 4.54. The SMILES string of the molecule is CC(C)C(C)NC(=O)CSCSc1nc2ccccc2c(=O)n1-c1ccc(F)cc1. The van der Waals surface area contributed by atoms with Gasteiger partial charge in [0, 0.05) is 11.1 Å². The second-order valence-corrected chi connectivity index (χ2v) is 9.53. The first kappa shape index (κ1) is 22.4. The number of aromatic nitrogens is 2. The maximum Gasteiger partial charge on any atom is 0.266 e. The Hall–Kier alpha value is -2.32. The smallest absolute Gasteiger partial charge is 0.266 e. The Bertz CT molecular complexity index is 1080. The molecule has 0 radical (unpaired) electrons. The zero-order valence-electron chi connectivity index (χ0n) is 17.1. The third-order valence-corrected chi connectivity index (χ3v) is 6.86. The van der Waals surface area contributed by atoms with Crippen LogP contribution >= 0.6 is 23.5 Å². The first-order valence-electron chi connectivity index (χ1n) is 9.64. The predicted octanol–water partition coefficient (Wildman–Crippen LogP) is 4.47. The molecule has 0 fully saturated rings. The Morgan fingerprint density at radius 2 is 1.83 bits per heavy atom. The first-order chi connectivity index (χ1) is 14.4. The minimum atomic E-state index is -0.369. The number of halogens is 1. The molecule has 0 aliphatic carbocycles. The number of carbonyl (C=O) groups excluding carboxylic acids is 1. The van der Waals surface area contributed by atoms with Crippen molar-refractivity contribution in [3.05, 3.63) is 64.7 Å². The van der Waals surface area contributed by atoms with Crippen LogP contribution in [0, 0.1) is 11.7 Å². The average Bonchev–Trinajstić information content (AvgIpc) is 2.72. The molecule has 1 unspecified atom stereocenters. The number of carbonyl (C=O) groups is 1. The van der Waals surface area contributed by atoms with E-state index in [1.54, 1.807) is 30.3 Å². The van der Waals surface area contributed by atoms with E-state index in [1.165, 1.54) is 40.2 Å². The van der Waals surface area contributed by atoms with Gasteiger partial charge in [-0.15, -0.1) is 11.8 Å². The summed E-state index contributed by atoms with van der Waals surface area (Å²) in [4.78, 5) is 29.8. The van der Waals surface area contributed by atoms with Gasteiger partial charge in [-0.05, 0) is 49.2 Å². The molecule has 3 rings (SSSR count). The topological polar surface area (TPSA) is 64.0 Å². The summed E-state index contributed by atoms with van der Waals surface area (Å²) in [6, 6.07) is 13.0. The summed E-state index contributed by atoms with van der Waals surface area (Å²) in [5.41, 5.74) is 0.954. The van der Waals surface area contributed by atoms with E-state index in [0.717, 1.165) is 0 Å². The highest BCUT2D eigenvalue weighted by atomic mass is 32.2. The van der Waals surface area contributed by atoms with Crippen LogP contribution in [0.2, 0.25) is 0 Å². The van der Waals surface area contributed by atoms with Crippen LogP contribution in [0.15, 0.2) is 58.5 Å².